The first-order valence-corrected chi connectivity index (χ1v) is 6.31. The Morgan fingerprint density at radius 3 is 1.95 bits per heavy atom. The Kier molecular flexibility index (Phi) is 4.46. The molecule has 0 radical (unpaired) electrons. The first kappa shape index (κ1) is 13.0. The van der Waals surface area contributed by atoms with Crippen molar-refractivity contribution in [1.82, 2.24) is 0 Å². The van der Waals surface area contributed by atoms with E-state index < -0.39 is 0 Å². The summed E-state index contributed by atoms with van der Waals surface area (Å²) in [5.74, 6) is 0. The lowest BCUT2D eigenvalue weighted by atomic mass is 10.0. The molecule has 2 aromatic carbocycles. The molecular formula is C18H17N. The summed E-state index contributed by atoms with van der Waals surface area (Å²) in [4.78, 5) is 4.44. The quantitative estimate of drug-likeness (QED) is 0.542. The summed E-state index contributed by atoms with van der Waals surface area (Å²) < 4.78 is 0. The maximum absolute atomic E-state index is 4.44. The zero-order valence-electron chi connectivity index (χ0n) is 11.1. The van der Waals surface area contributed by atoms with Gasteiger partial charge in [0.25, 0.3) is 0 Å². The number of benzene rings is 2. The molecule has 0 N–H and O–H groups in total. The van der Waals surface area contributed by atoms with Gasteiger partial charge in [-0.1, -0.05) is 67.2 Å². The van der Waals surface area contributed by atoms with Gasteiger partial charge in [0.15, 0.2) is 0 Å². The summed E-state index contributed by atoms with van der Waals surface area (Å²) in [5, 5.41) is 0. The molecule has 94 valence electrons. The van der Waals surface area contributed by atoms with Gasteiger partial charge in [0.1, 0.15) is 0 Å². The molecule has 0 amide bonds. The lowest BCUT2D eigenvalue weighted by Crippen LogP contribution is -1.84. The Bertz CT molecular complexity index is 592. The summed E-state index contributed by atoms with van der Waals surface area (Å²) in [6.07, 6.45) is 3.82. The Hall–Kier alpha value is -2.41. The molecule has 0 aromatic heterocycles. The highest BCUT2D eigenvalue weighted by Gasteiger charge is 2.01. The second-order valence-electron chi connectivity index (χ2n) is 4.17. The lowest BCUT2D eigenvalue weighted by Gasteiger charge is -2.05. The van der Waals surface area contributed by atoms with Crippen molar-refractivity contribution in [2.24, 2.45) is 4.99 Å². The predicted octanol–water partition coefficient (Wildman–Crippen LogP) is 4.83. The van der Waals surface area contributed by atoms with Crippen LogP contribution in [0.3, 0.4) is 0 Å². The zero-order valence-corrected chi connectivity index (χ0v) is 11.1. The van der Waals surface area contributed by atoms with Crippen molar-refractivity contribution in [2.75, 3.05) is 0 Å². The zero-order chi connectivity index (χ0) is 13.5. The van der Waals surface area contributed by atoms with Crippen molar-refractivity contribution in [3.63, 3.8) is 0 Å². The number of hydrogen-bond acceptors (Lipinski definition) is 1. The maximum Gasteiger partial charge on any atom is 0.0703 e. The second-order valence-corrected chi connectivity index (χ2v) is 4.17. The number of allylic oxidation sites excluding steroid dienone is 2. The first-order valence-electron chi connectivity index (χ1n) is 6.31. The van der Waals surface area contributed by atoms with Crippen molar-refractivity contribution >= 4 is 17.5 Å². The normalized spacial score (nSPS) is 11.7. The van der Waals surface area contributed by atoms with E-state index in [-0.39, 0.29) is 0 Å². The molecule has 1 nitrogen and oxygen atoms in total. The largest absolute Gasteiger partial charge is 0.261 e. The number of hydrogen-bond donors (Lipinski definition) is 0. The van der Waals surface area contributed by atoms with Gasteiger partial charge in [0, 0.05) is 11.8 Å². The lowest BCUT2D eigenvalue weighted by molar-refractivity contribution is 1.50. The smallest absolute Gasteiger partial charge is 0.0703 e. The molecule has 0 saturated carbocycles. The third-order valence-electron chi connectivity index (χ3n) is 2.79. The van der Waals surface area contributed by atoms with Gasteiger partial charge in [0.2, 0.25) is 0 Å². The molecule has 1 heteroatoms. The van der Waals surface area contributed by atoms with E-state index >= 15 is 0 Å². The van der Waals surface area contributed by atoms with Gasteiger partial charge in [-0.2, -0.15) is 0 Å². The minimum Gasteiger partial charge on any atom is -0.261 e. The minimum absolute atomic E-state index is 0.928. The van der Waals surface area contributed by atoms with E-state index in [9.17, 15) is 0 Å². The molecule has 0 aliphatic carbocycles. The Labute approximate surface area is 114 Å². The van der Waals surface area contributed by atoms with E-state index in [1.165, 1.54) is 0 Å². The number of nitrogens with zero attached hydrogens (tertiary/aromatic N) is 1. The maximum atomic E-state index is 4.44. The van der Waals surface area contributed by atoms with E-state index in [1.54, 1.807) is 6.21 Å². The molecule has 0 bridgehead atoms. The van der Waals surface area contributed by atoms with Crippen molar-refractivity contribution < 1.29 is 0 Å². The van der Waals surface area contributed by atoms with Gasteiger partial charge >= 0.3 is 0 Å². The van der Waals surface area contributed by atoms with Crippen molar-refractivity contribution in [2.45, 2.75) is 6.92 Å². The summed E-state index contributed by atoms with van der Waals surface area (Å²) in [7, 11) is 0. The molecule has 0 unspecified atom stereocenters. The van der Waals surface area contributed by atoms with Crippen LogP contribution in [0.5, 0.6) is 0 Å². The van der Waals surface area contributed by atoms with Crippen LogP contribution in [0.4, 0.5) is 0 Å². The first-order chi connectivity index (χ1) is 9.31. The third kappa shape index (κ3) is 3.52. The van der Waals surface area contributed by atoms with Crippen LogP contribution in [0.15, 0.2) is 78.3 Å². The summed E-state index contributed by atoms with van der Waals surface area (Å²) >= 11 is 0. The van der Waals surface area contributed by atoms with Crippen LogP contribution in [0.2, 0.25) is 0 Å². The van der Waals surface area contributed by atoms with E-state index in [2.05, 4.69) is 35.8 Å². The predicted molar refractivity (Wildman–Crippen MR) is 84.1 cm³/mol. The monoisotopic (exact) mass is 247 g/mol. The van der Waals surface area contributed by atoms with Crippen LogP contribution in [-0.2, 0) is 0 Å². The average Bonchev–Trinajstić information content (AvgIpc) is 2.48. The third-order valence-corrected chi connectivity index (χ3v) is 2.79. The van der Waals surface area contributed by atoms with Crippen LogP contribution in [0.1, 0.15) is 18.1 Å². The van der Waals surface area contributed by atoms with Crippen molar-refractivity contribution in [3.8, 4) is 0 Å². The molecule has 0 saturated heterocycles. The molecule has 0 aliphatic rings. The molecule has 0 aliphatic heterocycles. The van der Waals surface area contributed by atoms with Crippen molar-refractivity contribution in [1.29, 1.82) is 0 Å². The summed E-state index contributed by atoms with van der Waals surface area (Å²) in [5.41, 5.74) is 4.10. The molecule has 2 rings (SSSR count). The SMILES string of the molecule is C=C(/C=C(\N=C/C)c1ccccc1)c1ccccc1. The molecule has 0 fully saturated rings. The van der Waals surface area contributed by atoms with E-state index in [1.807, 2.05) is 49.4 Å². The van der Waals surface area contributed by atoms with Gasteiger partial charge < -0.3 is 0 Å². The molecular weight excluding hydrogens is 230 g/mol. The van der Waals surface area contributed by atoms with Gasteiger partial charge in [-0.25, -0.2) is 0 Å². The van der Waals surface area contributed by atoms with E-state index in [4.69, 9.17) is 0 Å². The molecule has 0 spiro atoms. The van der Waals surface area contributed by atoms with Crippen LogP contribution in [0, 0.1) is 0 Å². The number of rotatable bonds is 4. The fourth-order valence-electron chi connectivity index (χ4n) is 1.84. The topological polar surface area (TPSA) is 12.4 Å². The Morgan fingerprint density at radius 2 is 1.42 bits per heavy atom. The fraction of sp³-hybridized carbons (Fsp3) is 0.0556. The Morgan fingerprint density at radius 1 is 0.895 bits per heavy atom. The van der Waals surface area contributed by atoms with E-state index in [0.717, 1.165) is 22.4 Å². The fourth-order valence-corrected chi connectivity index (χ4v) is 1.84. The van der Waals surface area contributed by atoms with Crippen LogP contribution >= 0.6 is 0 Å². The average molecular weight is 247 g/mol. The van der Waals surface area contributed by atoms with Crippen molar-refractivity contribution in [3.05, 3.63) is 84.4 Å². The van der Waals surface area contributed by atoms with Crippen LogP contribution in [0.25, 0.3) is 11.3 Å². The highest BCUT2D eigenvalue weighted by Crippen LogP contribution is 2.21. The Balaban J connectivity index is 2.35. The highest BCUT2D eigenvalue weighted by molar-refractivity contribution is 5.84. The standard InChI is InChI=1S/C18H17N/c1-3-19-18(17-12-8-5-9-13-17)14-15(2)16-10-6-4-7-11-16/h3-14H,2H2,1H3/b18-14-,19-3-. The van der Waals surface area contributed by atoms with Crippen LogP contribution < -0.4 is 0 Å². The van der Waals surface area contributed by atoms with Gasteiger partial charge in [-0.05, 0) is 24.1 Å². The molecule has 19 heavy (non-hydrogen) atoms. The minimum atomic E-state index is 0.928. The molecule has 2 aromatic rings. The number of aliphatic imine (C=N–C) groups is 1. The highest BCUT2D eigenvalue weighted by atomic mass is 14.7. The van der Waals surface area contributed by atoms with Crippen LogP contribution in [-0.4, -0.2) is 6.21 Å². The van der Waals surface area contributed by atoms with Gasteiger partial charge in [0.05, 0.1) is 5.70 Å². The van der Waals surface area contributed by atoms with E-state index in [0.29, 0.717) is 0 Å². The molecule has 0 atom stereocenters. The molecule has 0 heterocycles. The summed E-state index contributed by atoms with van der Waals surface area (Å²) in [6.45, 7) is 6.04. The van der Waals surface area contributed by atoms with Gasteiger partial charge in [-0.3, -0.25) is 4.99 Å². The van der Waals surface area contributed by atoms with Gasteiger partial charge in [-0.15, -0.1) is 0 Å². The summed E-state index contributed by atoms with van der Waals surface area (Å²) in [6, 6.07) is 20.3. The second kappa shape index (κ2) is 6.50.